The fraction of sp³-hybridized carbons (Fsp3) is 0.0556. The van der Waals surface area contributed by atoms with E-state index < -0.39 is 5.82 Å². The molecule has 3 heterocycles. The van der Waals surface area contributed by atoms with Gasteiger partial charge in [0.25, 0.3) is 11.8 Å². The van der Waals surface area contributed by atoms with E-state index in [4.69, 9.17) is 4.52 Å². The number of hydrogen-bond acceptors (Lipinski definition) is 9. The summed E-state index contributed by atoms with van der Waals surface area (Å²) in [5.74, 6) is 0.389. The van der Waals surface area contributed by atoms with Crippen molar-refractivity contribution in [1.82, 2.24) is 30.1 Å². The molecule has 4 rings (SSSR count). The first-order valence-electron chi connectivity index (χ1n) is 8.11. The van der Waals surface area contributed by atoms with Crippen molar-refractivity contribution in [3.05, 3.63) is 54.5 Å². The van der Waals surface area contributed by atoms with E-state index in [9.17, 15) is 4.39 Å². The van der Waals surface area contributed by atoms with E-state index in [0.717, 1.165) is 11.9 Å². The molecule has 9 nitrogen and oxygen atoms in total. The first kappa shape index (κ1) is 17.3. The van der Waals surface area contributed by atoms with E-state index >= 15 is 0 Å². The van der Waals surface area contributed by atoms with Crippen molar-refractivity contribution in [3.63, 3.8) is 0 Å². The topological polar surface area (TPSA) is 106 Å². The molecule has 0 aliphatic heterocycles. The summed E-state index contributed by atoms with van der Waals surface area (Å²) in [6, 6.07) is 12.2. The summed E-state index contributed by atoms with van der Waals surface area (Å²) < 4.78 is 18.2. The largest absolute Gasteiger partial charge is 0.332 e. The van der Waals surface area contributed by atoms with Crippen LogP contribution in [0.5, 0.6) is 0 Å². The number of anilines is 2. The zero-order chi connectivity index (χ0) is 19.5. The van der Waals surface area contributed by atoms with Gasteiger partial charge in [0.1, 0.15) is 11.5 Å². The second-order valence-corrected chi connectivity index (χ2v) is 5.60. The van der Waals surface area contributed by atoms with Gasteiger partial charge in [0, 0.05) is 12.7 Å². The number of aliphatic imine (C=N–C) groups is 1. The van der Waals surface area contributed by atoms with Gasteiger partial charge in [-0.3, -0.25) is 0 Å². The van der Waals surface area contributed by atoms with Crippen LogP contribution in [0.15, 0.2) is 58.2 Å². The Balaban J connectivity index is 1.72. The fourth-order valence-corrected chi connectivity index (χ4v) is 2.36. The average Bonchev–Trinajstić information content (AvgIpc) is 3.24. The van der Waals surface area contributed by atoms with Crippen LogP contribution in [0.3, 0.4) is 0 Å². The Morgan fingerprint density at radius 1 is 1.00 bits per heavy atom. The SMILES string of the molecule is C=Nc1nc(-c2noc(-c3ccc(F)cn3)n2)nc(N(C)c2ccccc2)n1. The normalized spacial score (nSPS) is 10.6. The van der Waals surface area contributed by atoms with Crippen LogP contribution in [0.25, 0.3) is 23.2 Å². The van der Waals surface area contributed by atoms with Crippen molar-refractivity contribution in [3.8, 4) is 23.2 Å². The van der Waals surface area contributed by atoms with Crippen LogP contribution in [0.4, 0.5) is 22.0 Å². The molecule has 138 valence electrons. The number of rotatable bonds is 5. The lowest BCUT2D eigenvalue weighted by molar-refractivity contribution is 0.430. The molecule has 0 aliphatic rings. The number of benzene rings is 1. The van der Waals surface area contributed by atoms with Crippen LogP contribution in [-0.4, -0.2) is 43.8 Å². The highest BCUT2D eigenvalue weighted by atomic mass is 19.1. The highest BCUT2D eigenvalue weighted by molar-refractivity contribution is 5.60. The molecule has 0 amide bonds. The standard InChI is InChI=1S/C18H13FN8O/c1-20-17-23-14(24-18(25-17)27(2)12-6-4-3-5-7-12)15-22-16(28-26-15)13-9-8-11(19)10-21-13/h3-10H,1H2,2H3. The second kappa shape index (κ2) is 7.27. The molecule has 0 saturated heterocycles. The third kappa shape index (κ3) is 3.43. The lowest BCUT2D eigenvalue weighted by Crippen LogP contribution is -2.14. The predicted molar refractivity (Wildman–Crippen MR) is 100 cm³/mol. The van der Waals surface area contributed by atoms with Crippen LogP contribution in [0.1, 0.15) is 0 Å². The highest BCUT2D eigenvalue weighted by Crippen LogP contribution is 2.24. The molecule has 0 aliphatic carbocycles. The van der Waals surface area contributed by atoms with Crippen LogP contribution < -0.4 is 4.90 Å². The van der Waals surface area contributed by atoms with Gasteiger partial charge in [-0.1, -0.05) is 23.4 Å². The Kier molecular flexibility index (Phi) is 4.50. The number of aromatic nitrogens is 6. The fourth-order valence-electron chi connectivity index (χ4n) is 2.36. The van der Waals surface area contributed by atoms with Gasteiger partial charge in [-0.25, -0.2) is 14.4 Å². The number of para-hydroxylation sites is 1. The molecule has 0 N–H and O–H groups in total. The van der Waals surface area contributed by atoms with E-state index in [0.29, 0.717) is 11.6 Å². The maximum absolute atomic E-state index is 13.0. The third-order valence-electron chi connectivity index (χ3n) is 3.77. The van der Waals surface area contributed by atoms with E-state index in [-0.39, 0.29) is 23.5 Å². The first-order chi connectivity index (χ1) is 13.6. The van der Waals surface area contributed by atoms with Gasteiger partial charge in [-0.2, -0.15) is 19.9 Å². The Bertz CT molecular complexity index is 1110. The zero-order valence-corrected chi connectivity index (χ0v) is 14.7. The molecule has 28 heavy (non-hydrogen) atoms. The molecule has 0 atom stereocenters. The maximum Gasteiger partial charge on any atom is 0.276 e. The molecule has 0 radical (unpaired) electrons. The van der Waals surface area contributed by atoms with Crippen molar-refractivity contribution in [2.75, 3.05) is 11.9 Å². The van der Waals surface area contributed by atoms with Crippen LogP contribution in [0, 0.1) is 5.82 Å². The quantitative estimate of drug-likeness (QED) is 0.489. The van der Waals surface area contributed by atoms with Gasteiger partial charge in [0.2, 0.25) is 17.6 Å². The van der Waals surface area contributed by atoms with Crippen LogP contribution >= 0.6 is 0 Å². The first-order valence-corrected chi connectivity index (χ1v) is 8.11. The number of halogens is 1. The Hall–Kier alpha value is -4.08. The van der Waals surface area contributed by atoms with Gasteiger partial charge >= 0.3 is 0 Å². The summed E-state index contributed by atoms with van der Waals surface area (Å²) in [5.41, 5.74) is 1.21. The minimum Gasteiger partial charge on any atom is -0.332 e. The maximum atomic E-state index is 13.0. The number of hydrogen-bond donors (Lipinski definition) is 0. The lowest BCUT2D eigenvalue weighted by atomic mass is 10.3. The summed E-state index contributed by atoms with van der Waals surface area (Å²) in [6.45, 7) is 3.47. The molecule has 10 heteroatoms. The van der Waals surface area contributed by atoms with Crippen molar-refractivity contribution in [1.29, 1.82) is 0 Å². The van der Waals surface area contributed by atoms with Crippen LogP contribution in [-0.2, 0) is 0 Å². The molecule has 0 saturated carbocycles. The third-order valence-corrected chi connectivity index (χ3v) is 3.77. The number of nitrogens with zero attached hydrogens (tertiary/aromatic N) is 8. The molecule has 0 fully saturated rings. The summed E-state index contributed by atoms with van der Waals surface area (Å²) in [4.78, 5) is 26.5. The minimum absolute atomic E-state index is 0.112. The van der Waals surface area contributed by atoms with E-state index in [1.807, 2.05) is 37.4 Å². The average molecular weight is 376 g/mol. The monoisotopic (exact) mass is 376 g/mol. The molecule has 3 aromatic heterocycles. The lowest BCUT2D eigenvalue weighted by Gasteiger charge is -2.17. The van der Waals surface area contributed by atoms with Gasteiger partial charge in [-0.05, 0) is 31.0 Å². The van der Waals surface area contributed by atoms with Gasteiger partial charge < -0.3 is 9.42 Å². The molecular weight excluding hydrogens is 363 g/mol. The summed E-state index contributed by atoms with van der Waals surface area (Å²) >= 11 is 0. The summed E-state index contributed by atoms with van der Waals surface area (Å²) in [6.07, 6.45) is 1.06. The van der Waals surface area contributed by atoms with Crippen molar-refractivity contribution in [2.24, 2.45) is 4.99 Å². The van der Waals surface area contributed by atoms with Gasteiger partial charge in [-0.15, -0.1) is 0 Å². The van der Waals surface area contributed by atoms with Gasteiger partial charge in [0.05, 0.1) is 6.20 Å². The highest BCUT2D eigenvalue weighted by Gasteiger charge is 2.18. The minimum atomic E-state index is -0.462. The van der Waals surface area contributed by atoms with Gasteiger partial charge in [0.15, 0.2) is 0 Å². The Labute approximate surface area is 158 Å². The van der Waals surface area contributed by atoms with Crippen molar-refractivity contribution in [2.45, 2.75) is 0 Å². The number of pyridine rings is 1. The Morgan fingerprint density at radius 3 is 2.54 bits per heavy atom. The van der Waals surface area contributed by atoms with Crippen molar-refractivity contribution < 1.29 is 8.91 Å². The summed E-state index contributed by atoms with van der Waals surface area (Å²) in [5, 5.41) is 3.88. The molecule has 4 aromatic rings. The molecular formula is C18H13FN8O. The van der Waals surface area contributed by atoms with E-state index in [1.54, 1.807) is 4.90 Å². The predicted octanol–water partition coefficient (Wildman–Crippen LogP) is 3.22. The summed E-state index contributed by atoms with van der Waals surface area (Å²) in [7, 11) is 1.81. The van der Waals surface area contributed by atoms with E-state index in [2.05, 4.69) is 41.8 Å². The molecule has 1 aromatic carbocycles. The zero-order valence-electron chi connectivity index (χ0n) is 14.7. The molecule has 0 bridgehead atoms. The molecule has 0 spiro atoms. The Morgan fingerprint density at radius 2 is 1.82 bits per heavy atom. The smallest absolute Gasteiger partial charge is 0.276 e. The second-order valence-electron chi connectivity index (χ2n) is 5.60. The van der Waals surface area contributed by atoms with E-state index in [1.165, 1.54) is 12.1 Å². The van der Waals surface area contributed by atoms with Crippen LogP contribution in [0.2, 0.25) is 0 Å². The molecule has 0 unspecified atom stereocenters. The van der Waals surface area contributed by atoms with Crippen molar-refractivity contribution >= 4 is 24.3 Å².